The molecular weight excluding hydrogens is 224 g/mol. The highest BCUT2D eigenvalue weighted by Crippen LogP contribution is 2.18. The van der Waals surface area contributed by atoms with Gasteiger partial charge in [-0.15, -0.1) is 0 Å². The maximum absolute atomic E-state index is 5.79. The molecule has 2 rings (SSSR count). The molecule has 4 heteroatoms. The first kappa shape index (κ1) is 12.4. The lowest BCUT2D eigenvalue weighted by Gasteiger charge is -2.22. The van der Waals surface area contributed by atoms with Gasteiger partial charge < -0.3 is 10.6 Å². The number of nitrogens with zero attached hydrogens (tertiary/aromatic N) is 3. The van der Waals surface area contributed by atoms with Crippen LogP contribution >= 0.6 is 0 Å². The number of rotatable bonds is 4. The van der Waals surface area contributed by atoms with Gasteiger partial charge in [-0.05, 0) is 37.6 Å². The summed E-state index contributed by atoms with van der Waals surface area (Å²) in [6.07, 6.45) is 3.52. The zero-order valence-electron chi connectivity index (χ0n) is 10.8. The first-order valence-electron chi connectivity index (χ1n) is 6.07. The molecule has 0 aromatic carbocycles. The minimum absolute atomic E-state index is 0.729. The summed E-state index contributed by atoms with van der Waals surface area (Å²) in [6.45, 7) is 5.74. The van der Waals surface area contributed by atoms with Crippen molar-refractivity contribution in [3.05, 3.63) is 47.9 Å². The zero-order valence-corrected chi connectivity index (χ0v) is 10.8. The van der Waals surface area contributed by atoms with Gasteiger partial charge in [-0.3, -0.25) is 4.98 Å². The second-order valence-electron chi connectivity index (χ2n) is 4.23. The summed E-state index contributed by atoms with van der Waals surface area (Å²) in [7, 11) is 0. The highest BCUT2D eigenvalue weighted by Gasteiger charge is 2.08. The molecule has 0 aliphatic rings. The average Bonchev–Trinajstić information content (AvgIpc) is 2.40. The van der Waals surface area contributed by atoms with Gasteiger partial charge >= 0.3 is 0 Å². The van der Waals surface area contributed by atoms with E-state index in [-0.39, 0.29) is 0 Å². The highest BCUT2D eigenvalue weighted by atomic mass is 15.2. The number of nitrogens with two attached hydrogens (primary N) is 1. The van der Waals surface area contributed by atoms with Gasteiger partial charge in [0.15, 0.2) is 0 Å². The van der Waals surface area contributed by atoms with E-state index in [0.717, 1.165) is 35.9 Å². The molecule has 2 aromatic heterocycles. The van der Waals surface area contributed by atoms with Crippen LogP contribution in [0.25, 0.3) is 0 Å². The summed E-state index contributed by atoms with van der Waals surface area (Å²) in [5, 5.41) is 0. The molecule has 18 heavy (non-hydrogen) atoms. The van der Waals surface area contributed by atoms with Crippen LogP contribution in [-0.4, -0.2) is 16.5 Å². The number of hydrogen-bond donors (Lipinski definition) is 1. The third kappa shape index (κ3) is 2.77. The fraction of sp³-hybridized carbons (Fsp3) is 0.286. The molecule has 94 valence electrons. The quantitative estimate of drug-likeness (QED) is 0.894. The highest BCUT2D eigenvalue weighted by molar-refractivity contribution is 5.52. The van der Waals surface area contributed by atoms with E-state index in [2.05, 4.69) is 21.8 Å². The first-order valence-corrected chi connectivity index (χ1v) is 6.07. The Morgan fingerprint density at radius 3 is 2.72 bits per heavy atom. The summed E-state index contributed by atoms with van der Waals surface area (Å²) in [6, 6.07) is 7.96. The molecule has 0 spiro atoms. The standard InChI is InChI=1S/C14H18N4/c1-3-18(10-12-6-4-5-7-16-12)14-8-11(2)13(15)9-17-14/h4-9H,3,10,15H2,1-2H3. The normalized spacial score (nSPS) is 10.3. The van der Waals surface area contributed by atoms with Crippen LogP contribution < -0.4 is 10.6 Å². The van der Waals surface area contributed by atoms with Crippen LogP contribution in [0.2, 0.25) is 0 Å². The van der Waals surface area contributed by atoms with Gasteiger partial charge in [-0.2, -0.15) is 0 Å². The van der Waals surface area contributed by atoms with Gasteiger partial charge in [0.05, 0.1) is 24.1 Å². The summed E-state index contributed by atoms with van der Waals surface area (Å²) >= 11 is 0. The van der Waals surface area contributed by atoms with E-state index in [1.54, 1.807) is 6.20 Å². The van der Waals surface area contributed by atoms with Gasteiger partial charge in [0.1, 0.15) is 5.82 Å². The Morgan fingerprint density at radius 1 is 1.28 bits per heavy atom. The van der Waals surface area contributed by atoms with Crippen LogP contribution in [0.1, 0.15) is 18.2 Å². The number of aryl methyl sites for hydroxylation is 1. The van der Waals surface area contributed by atoms with E-state index < -0.39 is 0 Å². The van der Waals surface area contributed by atoms with Gasteiger partial charge in [0.25, 0.3) is 0 Å². The SMILES string of the molecule is CCN(Cc1ccccn1)c1cc(C)c(N)cn1. The van der Waals surface area contributed by atoms with E-state index >= 15 is 0 Å². The van der Waals surface area contributed by atoms with E-state index in [0.29, 0.717) is 0 Å². The van der Waals surface area contributed by atoms with Crippen molar-refractivity contribution in [2.75, 3.05) is 17.2 Å². The summed E-state index contributed by atoms with van der Waals surface area (Å²) in [4.78, 5) is 10.9. The topological polar surface area (TPSA) is 55.0 Å². The Balaban J connectivity index is 2.20. The zero-order chi connectivity index (χ0) is 13.0. The van der Waals surface area contributed by atoms with Crippen LogP contribution in [0.5, 0.6) is 0 Å². The molecule has 0 radical (unpaired) electrons. The maximum Gasteiger partial charge on any atom is 0.129 e. The molecule has 0 aliphatic heterocycles. The van der Waals surface area contributed by atoms with Crippen molar-refractivity contribution in [3.8, 4) is 0 Å². The van der Waals surface area contributed by atoms with Gasteiger partial charge in [0, 0.05) is 12.7 Å². The third-order valence-electron chi connectivity index (χ3n) is 2.92. The van der Waals surface area contributed by atoms with Crippen LogP contribution in [0.3, 0.4) is 0 Å². The van der Waals surface area contributed by atoms with Crippen LogP contribution in [0, 0.1) is 6.92 Å². The van der Waals surface area contributed by atoms with E-state index in [9.17, 15) is 0 Å². The molecule has 0 bridgehead atoms. The van der Waals surface area contributed by atoms with Crippen molar-refractivity contribution in [1.82, 2.24) is 9.97 Å². The maximum atomic E-state index is 5.79. The fourth-order valence-corrected chi connectivity index (χ4v) is 1.77. The minimum Gasteiger partial charge on any atom is -0.397 e. The Morgan fingerprint density at radius 2 is 2.11 bits per heavy atom. The van der Waals surface area contributed by atoms with E-state index in [4.69, 9.17) is 5.73 Å². The van der Waals surface area contributed by atoms with E-state index in [1.165, 1.54) is 0 Å². The molecule has 0 saturated heterocycles. The van der Waals surface area contributed by atoms with Crippen molar-refractivity contribution in [1.29, 1.82) is 0 Å². The second-order valence-corrected chi connectivity index (χ2v) is 4.23. The largest absolute Gasteiger partial charge is 0.397 e. The molecular formula is C14H18N4. The van der Waals surface area contributed by atoms with Crippen molar-refractivity contribution in [2.24, 2.45) is 0 Å². The lowest BCUT2D eigenvalue weighted by molar-refractivity contribution is 0.793. The van der Waals surface area contributed by atoms with Gasteiger partial charge in [-0.1, -0.05) is 6.07 Å². The van der Waals surface area contributed by atoms with Gasteiger partial charge in [-0.25, -0.2) is 4.98 Å². The number of pyridine rings is 2. The third-order valence-corrected chi connectivity index (χ3v) is 2.92. The molecule has 2 aromatic rings. The van der Waals surface area contributed by atoms with Crippen molar-refractivity contribution in [3.63, 3.8) is 0 Å². The first-order chi connectivity index (χ1) is 8.70. The molecule has 2 heterocycles. The average molecular weight is 242 g/mol. The lowest BCUT2D eigenvalue weighted by Crippen LogP contribution is -2.23. The smallest absolute Gasteiger partial charge is 0.129 e. The van der Waals surface area contributed by atoms with Crippen LogP contribution in [0.4, 0.5) is 11.5 Å². The van der Waals surface area contributed by atoms with Gasteiger partial charge in [0.2, 0.25) is 0 Å². The van der Waals surface area contributed by atoms with Crippen molar-refractivity contribution < 1.29 is 0 Å². The van der Waals surface area contributed by atoms with Crippen LogP contribution in [-0.2, 0) is 6.54 Å². The summed E-state index contributed by atoms with van der Waals surface area (Å²) in [5.41, 5.74) is 8.61. The molecule has 0 aliphatic carbocycles. The summed E-state index contributed by atoms with van der Waals surface area (Å²) < 4.78 is 0. The predicted molar refractivity (Wildman–Crippen MR) is 74.3 cm³/mol. The lowest BCUT2D eigenvalue weighted by atomic mass is 10.2. The van der Waals surface area contributed by atoms with Crippen molar-refractivity contribution >= 4 is 11.5 Å². The number of anilines is 2. The molecule has 4 nitrogen and oxygen atoms in total. The van der Waals surface area contributed by atoms with E-state index in [1.807, 2.05) is 37.4 Å². The molecule has 2 N–H and O–H groups in total. The number of nitrogen functional groups attached to an aromatic ring is 1. The number of aromatic nitrogens is 2. The molecule has 0 amide bonds. The molecule has 0 atom stereocenters. The second kappa shape index (κ2) is 5.49. The minimum atomic E-state index is 0.729. The predicted octanol–water partition coefficient (Wildman–Crippen LogP) is 2.39. The number of hydrogen-bond acceptors (Lipinski definition) is 4. The Kier molecular flexibility index (Phi) is 3.77. The fourth-order valence-electron chi connectivity index (χ4n) is 1.77. The molecule has 0 saturated carbocycles. The Bertz CT molecular complexity index is 510. The Labute approximate surface area is 107 Å². The van der Waals surface area contributed by atoms with Crippen molar-refractivity contribution in [2.45, 2.75) is 20.4 Å². The molecule has 0 unspecified atom stereocenters. The molecule has 0 fully saturated rings. The summed E-state index contributed by atoms with van der Waals surface area (Å²) in [5.74, 6) is 0.940. The van der Waals surface area contributed by atoms with Crippen LogP contribution in [0.15, 0.2) is 36.7 Å². The Hall–Kier alpha value is -2.10. The monoisotopic (exact) mass is 242 g/mol.